The zero-order valence-corrected chi connectivity index (χ0v) is 23.2. The molecule has 1 aliphatic heterocycles. The van der Waals surface area contributed by atoms with Crippen molar-refractivity contribution in [3.8, 4) is 22.9 Å². The molecule has 7 rings (SSSR count). The molecule has 12 heteroatoms. The Balaban J connectivity index is 1.28. The number of nitrogens with one attached hydrogen (secondary N) is 1. The molecule has 1 amide bonds. The topological polar surface area (TPSA) is 120 Å². The number of nitrogens with zero attached hydrogens (tertiary/aromatic N) is 7. The molecule has 2 aliphatic rings. The Morgan fingerprint density at radius 2 is 1.93 bits per heavy atom. The molecule has 0 spiro atoms. The van der Waals surface area contributed by atoms with Gasteiger partial charge in [-0.25, -0.2) is 28.4 Å². The van der Waals surface area contributed by atoms with E-state index in [1.165, 1.54) is 12.1 Å². The lowest BCUT2D eigenvalue weighted by atomic mass is 10.0. The number of aromatic nitrogens is 6. The Hall–Kier alpha value is -4.97. The molecule has 3 N–H and O–H groups in total. The van der Waals surface area contributed by atoms with Crippen molar-refractivity contribution in [2.24, 2.45) is 0 Å². The summed E-state index contributed by atoms with van der Waals surface area (Å²) < 4.78 is 34.7. The number of hydrogen-bond acceptors (Lipinski definition) is 7. The molecule has 218 valence electrons. The molecular formula is C31H29F2N9O. The molecule has 5 heterocycles. The standard InChI is InChI=1S/C31H29F2N9O/c1-2-27(43)40-15-10-19(11-16-40)37-25-18-31(32,33)23-17-20(6-7-21(23)25)42-29(22-5-3-12-35-28(22)34)38-24-8-9-26(39-30(24)42)41-14-4-13-36-41/h2-9,12-14,17,19,25,37H,1,10-11,15-16,18H2,(H2,34,35)/t25-/m0/s1. The summed E-state index contributed by atoms with van der Waals surface area (Å²) in [5.41, 5.74) is 8.88. The number of pyridine rings is 2. The Labute approximate surface area is 245 Å². The van der Waals surface area contributed by atoms with Crippen LogP contribution in [0.3, 0.4) is 0 Å². The van der Waals surface area contributed by atoms with Crippen LogP contribution >= 0.6 is 0 Å². The average molecular weight is 582 g/mol. The number of nitrogens with two attached hydrogens (primary N) is 1. The SMILES string of the molecule is C=CC(=O)N1CCC(N[C@H]2CC(F)(F)c3cc(-n4c(-c5cccnc5N)nc5ccc(-n6cccn6)nc54)ccc32)CC1. The molecule has 1 aromatic carbocycles. The summed E-state index contributed by atoms with van der Waals surface area (Å²) in [6.45, 7) is 4.69. The Morgan fingerprint density at radius 1 is 1.09 bits per heavy atom. The first-order valence-electron chi connectivity index (χ1n) is 14.1. The minimum atomic E-state index is -3.04. The number of halogens is 2. The minimum absolute atomic E-state index is 0.0305. The monoisotopic (exact) mass is 581 g/mol. The maximum absolute atomic E-state index is 15.6. The van der Waals surface area contributed by atoms with E-state index >= 15 is 8.78 Å². The number of rotatable bonds is 6. The number of fused-ring (bicyclic) bond motifs is 2. The summed E-state index contributed by atoms with van der Waals surface area (Å²) in [6, 6.07) is 13.6. The van der Waals surface area contributed by atoms with Gasteiger partial charge in [0.2, 0.25) is 5.91 Å². The van der Waals surface area contributed by atoms with Crippen LogP contribution in [0, 0.1) is 0 Å². The first-order chi connectivity index (χ1) is 20.8. The quantitative estimate of drug-likeness (QED) is 0.282. The summed E-state index contributed by atoms with van der Waals surface area (Å²) in [5, 5.41) is 7.73. The van der Waals surface area contributed by atoms with E-state index in [2.05, 4.69) is 22.0 Å². The van der Waals surface area contributed by atoms with Crippen molar-refractivity contribution in [3.63, 3.8) is 0 Å². The number of nitrogen functional groups attached to an aromatic ring is 1. The normalized spacial score (nSPS) is 18.2. The van der Waals surface area contributed by atoms with Gasteiger partial charge in [-0.1, -0.05) is 12.6 Å². The van der Waals surface area contributed by atoms with Gasteiger partial charge in [-0.05, 0) is 66.9 Å². The van der Waals surface area contributed by atoms with Crippen LogP contribution in [0.25, 0.3) is 34.1 Å². The number of imidazole rings is 1. The van der Waals surface area contributed by atoms with Gasteiger partial charge in [0.25, 0.3) is 5.92 Å². The molecule has 1 aliphatic carbocycles. The largest absolute Gasteiger partial charge is 0.383 e. The van der Waals surface area contributed by atoms with Crippen molar-refractivity contribution in [2.45, 2.75) is 37.3 Å². The fourth-order valence-electron chi connectivity index (χ4n) is 6.12. The van der Waals surface area contributed by atoms with Crippen LogP contribution in [0.1, 0.15) is 36.4 Å². The van der Waals surface area contributed by atoms with Crippen molar-refractivity contribution in [1.82, 2.24) is 39.5 Å². The molecule has 5 aromatic rings. The van der Waals surface area contributed by atoms with Crippen molar-refractivity contribution in [2.75, 3.05) is 18.8 Å². The summed E-state index contributed by atoms with van der Waals surface area (Å²) in [6.07, 6.45) is 7.37. The van der Waals surface area contributed by atoms with Gasteiger partial charge in [0.05, 0.1) is 5.56 Å². The highest BCUT2D eigenvalue weighted by Crippen LogP contribution is 2.48. The van der Waals surface area contributed by atoms with Crippen molar-refractivity contribution in [3.05, 3.63) is 90.9 Å². The van der Waals surface area contributed by atoms with Gasteiger partial charge < -0.3 is 16.0 Å². The van der Waals surface area contributed by atoms with E-state index in [4.69, 9.17) is 15.7 Å². The van der Waals surface area contributed by atoms with Crippen molar-refractivity contribution >= 4 is 22.9 Å². The highest BCUT2D eigenvalue weighted by atomic mass is 19.3. The molecule has 0 unspecified atom stereocenters. The van der Waals surface area contributed by atoms with Crippen LogP contribution in [-0.4, -0.2) is 59.2 Å². The number of piperidine rings is 1. The molecule has 4 aromatic heterocycles. The number of carbonyl (C=O) groups excluding carboxylic acids is 1. The van der Waals surface area contributed by atoms with E-state index in [9.17, 15) is 4.79 Å². The lowest BCUT2D eigenvalue weighted by Crippen LogP contribution is -2.45. The molecule has 1 fully saturated rings. The minimum Gasteiger partial charge on any atom is -0.383 e. The fraction of sp³-hybridized carbons (Fsp3) is 0.258. The third-order valence-corrected chi connectivity index (χ3v) is 8.25. The highest BCUT2D eigenvalue weighted by Gasteiger charge is 2.46. The van der Waals surface area contributed by atoms with Gasteiger partial charge in [-0.3, -0.25) is 9.36 Å². The predicted molar refractivity (Wildman–Crippen MR) is 158 cm³/mol. The van der Waals surface area contributed by atoms with Gasteiger partial charge in [0.15, 0.2) is 17.3 Å². The molecule has 0 saturated carbocycles. The van der Waals surface area contributed by atoms with E-state index in [1.807, 2.05) is 12.1 Å². The third kappa shape index (κ3) is 4.73. The molecule has 0 radical (unpaired) electrons. The second-order valence-electron chi connectivity index (χ2n) is 10.9. The summed E-state index contributed by atoms with van der Waals surface area (Å²) >= 11 is 0. The second-order valence-corrected chi connectivity index (χ2v) is 10.9. The maximum atomic E-state index is 15.6. The van der Waals surface area contributed by atoms with Gasteiger partial charge in [-0.15, -0.1) is 0 Å². The number of benzene rings is 1. The van der Waals surface area contributed by atoms with Crippen LogP contribution in [-0.2, 0) is 10.7 Å². The zero-order valence-electron chi connectivity index (χ0n) is 23.2. The van der Waals surface area contributed by atoms with Crippen LogP contribution in [0.5, 0.6) is 0 Å². The number of carbonyl (C=O) groups is 1. The Bertz CT molecular complexity index is 1840. The van der Waals surface area contributed by atoms with Crippen LogP contribution in [0.15, 0.2) is 79.8 Å². The van der Waals surface area contributed by atoms with E-state index in [1.54, 1.807) is 63.1 Å². The van der Waals surface area contributed by atoms with E-state index < -0.39 is 12.0 Å². The Kier molecular flexibility index (Phi) is 6.50. The van der Waals surface area contributed by atoms with Crippen LogP contribution < -0.4 is 11.1 Å². The number of alkyl halides is 2. The molecule has 43 heavy (non-hydrogen) atoms. The first-order valence-corrected chi connectivity index (χ1v) is 14.1. The van der Waals surface area contributed by atoms with Gasteiger partial charge in [0.1, 0.15) is 11.3 Å². The average Bonchev–Trinajstić information content (AvgIpc) is 3.74. The Morgan fingerprint density at radius 3 is 2.67 bits per heavy atom. The molecular weight excluding hydrogens is 552 g/mol. The zero-order chi connectivity index (χ0) is 29.7. The summed E-state index contributed by atoms with van der Waals surface area (Å²) in [4.78, 5) is 27.5. The fourth-order valence-corrected chi connectivity index (χ4v) is 6.12. The number of likely N-dealkylation sites (tertiary alicyclic amines) is 1. The van der Waals surface area contributed by atoms with Crippen molar-refractivity contribution < 1.29 is 13.6 Å². The van der Waals surface area contributed by atoms with E-state index in [-0.39, 0.29) is 29.8 Å². The highest BCUT2D eigenvalue weighted by molar-refractivity contribution is 5.87. The summed E-state index contributed by atoms with van der Waals surface area (Å²) in [7, 11) is 0. The lowest BCUT2D eigenvalue weighted by Gasteiger charge is -2.33. The molecule has 1 atom stereocenters. The molecule has 1 saturated heterocycles. The van der Waals surface area contributed by atoms with Crippen molar-refractivity contribution in [1.29, 1.82) is 0 Å². The predicted octanol–water partition coefficient (Wildman–Crippen LogP) is 4.55. The maximum Gasteiger partial charge on any atom is 0.275 e. The van der Waals surface area contributed by atoms with Crippen LogP contribution in [0.2, 0.25) is 0 Å². The third-order valence-electron chi connectivity index (χ3n) is 8.25. The van der Waals surface area contributed by atoms with E-state index in [0.717, 1.165) is 0 Å². The second kappa shape index (κ2) is 10.4. The first kappa shape index (κ1) is 26.9. The molecule has 10 nitrogen and oxygen atoms in total. The van der Waals surface area contributed by atoms with Crippen LogP contribution in [0.4, 0.5) is 14.6 Å². The molecule has 0 bridgehead atoms. The lowest BCUT2D eigenvalue weighted by molar-refractivity contribution is -0.127. The summed E-state index contributed by atoms with van der Waals surface area (Å²) in [5.74, 6) is -1.87. The van der Waals surface area contributed by atoms with Gasteiger partial charge in [-0.2, -0.15) is 5.10 Å². The van der Waals surface area contributed by atoms with Gasteiger partial charge >= 0.3 is 0 Å². The number of amides is 1. The number of anilines is 1. The van der Waals surface area contributed by atoms with Gasteiger partial charge in [0, 0.05) is 61.4 Å². The van der Waals surface area contributed by atoms with E-state index in [0.29, 0.717) is 65.6 Å². The smallest absolute Gasteiger partial charge is 0.275 e. The number of hydrogen-bond donors (Lipinski definition) is 2.